The van der Waals surface area contributed by atoms with Crippen LogP contribution in [0.25, 0.3) is 0 Å². The summed E-state index contributed by atoms with van der Waals surface area (Å²) in [7, 11) is 1.31. The number of ketones is 1. The summed E-state index contributed by atoms with van der Waals surface area (Å²) in [5.41, 5.74) is 0.0739. The lowest BCUT2D eigenvalue weighted by Crippen LogP contribution is -2.28. The van der Waals surface area contributed by atoms with Crippen molar-refractivity contribution in [1.29, 1.82) is 0 Å². The van der Waals surface area contributed by atoms with Crippen molar-refractivity contribution < 1.29 is 46.2 Å². The van der Waals surface area contributed by atoms with Crippen molar-refractivity contribution in [2.45, 2.75) is 39.2 Å². The molecule has 0 aliphatic heterocycles. The molecule has 0 saturated carbocycles. The van der Waals surface area contributed by atoms with E-state index in [4.69, 9.17) is 14.2 Å². The zero-order valence-electron chi connectivity index (χ0n) is 21.5. The third-order valence-corrected chi connectivity index (χ3v) is 5.87. The van der Waals surface area contributed by atoms with Gasteiger partial charge in [-0.05, 0) is 42.3 Å². The highest BCUT2D eigenvalue weighted by Crippen LogP contribution is 2.33. The van der Waals surface area contributed by atoms with Crippen LogP contribution >= 0.6 is 0 Å². The molecule has 2 aromatic carbocycles. The summed E-state index contributed by atoms with van der Waals surface area (Å²) >= 11 is 0. The van der Waals surface area contributed by atoms with E-state index in [1.165, 1.54) is 45.4 Å². The Kier molecular flexibility index (Phi) is 9.39. The van der Waals surface area contributed by atoms with Crippen LogP contribution in [0.1, 0.15) is 54.7 Å². The van der Waals surface area contributed by atoms with Gasteiger partial charge < -0.3 is 14.2 Å². The number of aromatic nitrogens is 1. The molecule has 1 aromatic heterocycles. The van der Waals surface area contributed by atoms with Gasteiger partial charge >= 0.3 is 11.9 Å². The van der Waals surface area contributed by atoms with E-state index in [1.54, 1.807) is 0 Å². The van der Waals surface area contributed by atoms with Crippen LogP contribution in [0.5, 0.6) is 11.5 Å². The number of pyridine rings is 1. The quantitative estimate of drug-likeness (QED) is 0.187. The molecule has 0 unspecified atom stereocenters. The van der Waals surface area contributed by atoms with E-state index in [-0.39, 0.29) is 34.7 Å². The van der Waals surface area contributed by atoms with Crippen molar-refractivity contribution in [1.82, 2.24) is 4.98 Å². The predicted octanol–water partition coefficient (Wildman–Crippen LogP) is 5.54. The molecule has 7 nitrogen and oxygen atoms in total. The van der Waals surface area contributed by atoms with Gasteiger partial charge in [0.25, 0.3) is 0 Å². The minimum Gasteiger partial charge on any atom is -0.493 e. The zero-order valence-corrected chi connectivity index (χ0v) is 21.5. The van der Waals surface area contributed by atoms with Crippen LogP contribution in [-0.4, -0.2) is 35.9 Å². The van der Waals surface area contributed by atoms with Gasteiger partial charge in [-0.1, -0.05) is 19.1 Å². The van der Waals surface area contributed by atoms with E-state index in [9.17, 15) is 31.9 Å². The summed E-state index contributed by atoms with van der Waals surface area (Å²) in [6.45, 7) is 4.00. The molecule has 3 rings (SSSR count). The monoisotopic (exact) mass is 547 g/mol. The topological polar surface area (TPSA) is 91.8 Å². The van der Waals surface area contributed by atoms with Crippen LogP contribution in [-0.2, 0) is 14.3 Å². The van der Waals surface area contributed by atoms with Crippen LogP contribution in [0.3, 0.4) is 0 Å². The Balaban J connectivity index is 1.84. The average molecular weight is 548 g/mol. The smallest absolute Gasteiger partial charge is 0.309 e. The summed E-state index contributed by atoms with van der Waals surface area (Å²) in [5, 5.41) is 0. The molecular formula is C28H25F4NO6. The van der Waals surface area contributed by atoms with E-state index in [1.807, 2.05) is 0 Å². The standard InChI is InChI=1S/C28H25F4NO6/c1-14(11-23(35)26-27(39-16(3)34)24(37-4)9-10-33-26)28(36)38-15(2)25(17-5-7-19(29)21(31)12-17)18-6-8-20(30)22(32)13-18/h5-10,12-15,25H,11H2,1-4H3/t14-,15+/m1/s1. The molecule has 0 radical (unpaired) electrons. The fraction of sp³-hybridized carbons (Fsp3) is 0.286. The average Bonchev–Trinajstić information content (AvgIpc) is 2.88. The Labute approximate surface area is 221 Å². The number of benzene rings is 2. The number of Topliss-reactive ketones (excluding diaryl/α,β-unsaturated/α-hetero) is 1. The Morgan fingerprint density at radius 2 is 1.44 bits per heavy atom. The van der Waals surface area contributed by atoms with Crippen molar-refractivity contribution in [3.8, 4) is 11.5 Å². The van der Waals surface area contributed by atoms with Gasteiger partial charge in [-0.3, -0.25) is 14.4 Å². The number of hydrogen-bond donors (Lipinski definition) is 0. The molecule has 2 atom stereocenters. The maximum Gasteiger partial charge on any atom is 0.309 e. The SMILES string of the molecule is COc1ccnc(C(=O)C[C@@H](C)C(=O)O[C@@H](C)C(c2ccc(F)c(F)c2)c2ccc(F)c(F)c2)c1OC(C)=O. The van der Waals surface area contributed by atoms with Crippen LogP contribution in [0.15, 0.2) is 48.7 Å². The number of halogens is 4. The first-order valence-corrected chi connectivity index (χ1v) is 11.8. The van der Waals surface area contributed by atoms with Crippen LogP contribution in [0.2, 0.25) is 0 Å². The Hall–Kier alpha value is -4.28. The molecule has 0 N–H and O–H groups in total. The highest BCUT2D eigenvalue weighted by molar-refractivity contribution is 5.99. The number of nitrogens with zero attached hydrogens (tertiary/aromatic N) is 1. The van der Waals surface area contributed by atoms with Crippen LogP contribution < -0.4 is 9.47 Å². The summed E-state index contributed by atoms with van der Waals surface area (Å²) in [6.07, 6.45) is -0.185. The second-order valence-electron chi connectivity index (χ2n) is 8.78. The van der Waals surface area contributed by atoms with E-state index < -0.39 is 58.9 Å². The molecule has 11 heteroatoms. The lowest BCUT2D eigenvalue weighted by molar-refractivity contribution is -0.153. The number of esters is 2. The first-order valence-electron chi connectivity index (χ1n) is 11.8. The van der Waals surface area contributed by atoms with Crippen LogP contribution in [0.4, 0.5) is 17.6 Å². The molecule has 0 fully saturated rings. The molecule has 0 aliphatic carbocycles. The summed E-state index contributed by atoms with van der Waals surface area (Å²) in [4.78, 5) is 41.4. The van der Waals surface area contributed by atoms with Gasteiger partial charge in [-0.2, -0.15) is 0 Å². The van der Waals surface area contributed by atoms with Crippen molar-refractivity contribution in [3.63, 3.8) is 0 Å². The van der Waals surface area contributed by atoms with Crippen LogP contribution in [0, 0.1) is 29.2 Å². The summed E-state index contributed by atoms with van der Waals surface area (Å²) in [6, 6.07) is 7.38. The third kappa shape index (κ3) is 6.98. The molecule has 0 aliphatic rings. The molecular weight excluding hydrogens is 522 g/mol. The third-order valence-electron chi connectivity index (χ3n) is 5.87. The Bertz CT molecular complexity index is 1340. The van der Waals surface area contributed by atoms with Crippen molar-refractivity contribution in [2.24, 2.45) is 5.92 Å². The molecule has 39 heavy (non-hydrogen) atoms. The highest BCUT2D eigenvalue weighted by atomic mass is 19.2. The number of hydrogen-bond acceptors (Lipinski definition) is 7. The molecule has 206 valence electrons. The Morgan fingerprint density at radius 3 is 1.92 bits per heavy atom. The maximum absolute atomic E-state index is 14.0. The molecule has 0 spiro atoms. The van der Waals surface area contributed by atoms with Gasteiger partial charge in [0.05, 0.1) is 13.0 Å². The highest BCUT2D eigenvalue weighted by Gasteiger charge is 2.30. The van der Waals surface area contributed by atoms with E-state index in [0.717, 1.165) is 31.2 Å². The largest absolute Gasteiger partial charge is 0.493 e. The Morgan fingerprint density at radius 1 is 0.872 bits per heavy atom. The van der Waals surface area contributed by atoms with E-state index in [2.05, 4.69) is 4.98 Å². The van der Waals surface area contributed by atoms with Gasteiger partial charge in [0.1, 0.15) is 6.10 Å². The first kappa shape index (κ1) is 29.3. The molecule has 0 saturated heterocycles. The second-order valence-corrected chi connectivity index (χ2v) is 8.78. The van der Waals surface area contributed by atoms with Gasteiger partial charge in [0.2, 0.25) is 5.75 Å². The molecule has 1 heterocycles. The molecule has 3 aromatic rings. The lowest BCUT2D eigenvalue weighted by atomic mass is 9.86. The predicted molar refractivity (Wildman–Crippen MR) is 130 cm³/mol. The molecule has 0 bridgehead atoms. The van der Waals surface area contributed by atoms with Crippen molar-refractivity contribution in [2.75, 3.05) is 7.11 Å². The van der Waals surface area contributed by atoms with Gasteiger partial charge in [0.15, 0.2) is 40.5 Å². The first-order chi connectivity index (χ1) is 18.4. The number of methoxy groups -OCH3 is 1. The second kappa shape index (κ2) is 12.5. The lowest BCUT2D eigenvalue weighted by Gasteiger charge is -2.26. The van der Waals surface area contributed by atoms with Gasteiger partial charge in [-0.25, -0.2) is 22.5 Å². The van der Waals surface area contributed by atoms with E-state index >= 15 is 0 Å². The van der Waals surface area contributed by atoms with Crippen molar-refractivity contribution in [3.05, 3.63) is 88.8 Å². The normalized spacial score (nSPS) is 12.5. The number of rotatable bonds is 10. The zero-order chi connectivity index (χ0) is 28.9. The fourth-order valence-electron chi connectivity index (χ4n) is 4.00. The molecule has 0 amide bonds. The fourth-order valence-corrected chi connectivity index (χ4v) is 4.00. The number of carbonyl (C=O) groups excluding carboxylic acids is 3. The summed E-state index contributed by atoms with van der Waals surface area (Å²) < 4.78 is 70.9. The number of carbonyl (C=O) groups is 3. The van der Waals surface area contributed by atoms with Gasteiger partial charge in [0, 0.05) is 31.5 Å². The number of ether oxygens (including phenoxy) is 3. The summed E-state index contributed by atoms with van der Waals surface area (Å²) in [5.74, 6) is -8.88. The minimum atomic E-state index is -1.17. The van der Waals surface area contributed by atoms with Gasteiger partial charge in [-0.15, -0.1) is 0 Å². The van der Waals surface area contributed by atoms with E-state index in [0.29, 0.717) is 0 Å². The van der Waals surface area contributed by atoms with Crippen molar-refractivity contribution >= 4 is 17.7 Å². The maximum atomic E-state index is 14.0. The minimum absolute atomic E-state index is 0.0910.